The van der Waals surface area contributed by atoms with Crippen LogP contribution in [0.1, 0.15) is 64.9 Å². The second-order valence-corrected chi connectivity index (χ2v) is 9.53. The third-order valence-electron chi connectivity index (χ3n) is 5.57. The molecular weight excluding hydrogens is 386 g/mol. The van der Waals surface area contributed by atoms with E-state index < -0.39 is 0 Å². The largest absolute Gasteiger partial charge is 0.454 e. The van der Waals surface area contributed by atoms with E-state index in [1.165, 1.54) is 60.4 Å². The van der Waals surface area contributed by atoms with Gasteiger partial charge in [-0.15, -0.1) is 11.8 Å². The Labute approximate surface area is 187 Å². The summed E-state index contributed by atoms with van der Waals surface area (Å²) in [5, 5.41) is 0. The van der Waals surface area contributed by atoms with Gasteiger partial charge in [0.05, 0.1) is 10.6 Å². The predicted octanol–water partition coefficient (Wildman–Crippen LogP) is 8.42. The van der Waals surface area contributed by atoms with Gasteiger partial charge < -0.3 is 9.64 Å². The highest BCUT2D eigenvalue weighted by Gasteiger charge is 2.24. The Bertz CT molecular complexity index is 805. The van der Waals surface area contributed by atoms with Crippen molar-refractivity contribution >= 4 is 23.0 Å². The Morgan fingerprint density at radius 3 is 2.30 bits per heavy atom. The maximum atomic E-state index is 6.58. The van der Waals surface area contributed by atoms with E-state index in [-0.39, 0.29) is 0 Å². The van der Waals surface area contributed by atoms with Crippen molar-refractivity contribution in [1.82, 2.24) is 0 Å². The molecule has 1 aliphatic carbocycles. The average molecular weight is 424 g/mol. The minimum Gasteiger partial charge on any atom is -0.454 e. The first-order chi connectivity index (χ1) is 14.6. The number of hydrogen-bond acceptors (Lipinski definition) is 3. The van der Waals surface area contributed by atoms with Crippen LogP contribution in [0, 0.1) is 5.92 Å². The van der Waals surface area contributed by atoms with Gasteiger partial charge in [0.15, 0.2) is 5.75 Å². The van der Waals surface area contributed by atoms with Crippen molar-refractivity contribution in [3.8, 4) is 11.5 Å². The monoisotopic (exact) mass is 423 g/mol. The molecule has 2 aromatic carbocycles. The van der Waals surface area contributed by atoms with Crippen LogP contribution in [0.4, 0.5) is 5.69 Å². The summed E-state index contributed by atoms with van der Waals surface area (Å²) in [6.45, 7) is 13.0. The molecule has 0 atom stereocenters. The highest BCUT2D eigenvalue weighted by molar-refractivity contribution is 7.99. The Hall–Kier alpha value is -1.87. The molecule has 0 unspecified atom stereocenters. The number of rotatable bonds is 13. The summed E-state index contributed by atoms with van der Waals surface area (Å²) in [5.74, 6) is 3.96. The van der Waals surface area contributed by atoms with Gasteiger partial charge >= 0.3 is 0 Å². The van der Waals surface area contributed by atoms with Gasteiger partial charge in [-0.25, -0.2) is 0 Å². The number of unbranched alkanes of at least 4 members (excludes halogenated alkanes) is 2. The van der Waals surface area contributed by atoms with Crippen LogP contribution in [0.2, 0.25) is 0 Å². The number of nitrogens with zero attached hydrogens (tertiary/aromatic N) is 1. The van der Waals surface area contributed by atoms with E-state index >= 15 is 0 Å². The van der Waals surface area contributed by atoms with E-state index in [1.54, 1.807) is 0 Å². The van der Waals surface area contributed by atoms with E-state index in [9.17, 15) is 0 Å². The van der Waals surface area contributed by atoms with Gasteiger partial charge in [0, 0.05) is 18.8 Å². The van der Waals surface area contributed by atoms with Crippen molar-refractivity contribution in [3.05, 3.63) is 54.6 Å². The van der Waals surface area contributed by atoms with E-state index in [1.807, 2.05) is 42.1 Å². The number of anilines is 1. The highest BCUT2D eigenvalue weighted by Crippen LogP contribution is 2.45. The fourth-order valence-electron chi connectivity index (χ4n) is 3.43. The van der Waals surface area contributed by atoms with E-state index in [4.69, 9.17) is 4.74 Å². The molecule has 3 rings (SSSR count). The highest BCUT2D eigenvalue weighted by atomic mass is 32.2. The Morgan fingerprint density at radius 2 is 1.73 bits per heavy atom. The summed E-state index contributed by atoms with van der Waals surface area (Å²) in [5.41, 5.74) is 3.56. The number of ether oxygens (including phenoxy) is 1. The summed E-state index contributed by atoms with van der Waals surface area (Å²) in [6.07, 6.45) is 7.51. The van der Waals surface area contributed by atoms with Crippen LogP contribution in [-0.2, 0) is 0 Å². The molecule has 0 aromatic heterocycles. The molecule has 1 fully saturated rings. The van der Waals surface area contributed by atoms with Gasteiger partial charge in [-0.1, -0.05) is 57.0 Å². The van der Waals surface area contributed by atoms with Gasteiger partial charge in [0.1, 0.15) is 5.75 Å². The minimum absolute atomic E-state index is 0.868. The number of allylic oxidation sites excluding steroid dienone is 1. The molecule has 0 aliphatic heterocycles. The average Bonchev–Trinajstić information content (AvgIpc) is 3.58. The van der Waals surface area contributed by atoms with Crippen LogP contribution in [-0.4, -0.2) is 18.8 Å². The quantitative estimate of drug-likeness (QED) is 0.300. The number of para-hydroxylation sites is 1. The van der Waals surface area contributed by atoms with Crippen LogP contribution in [0.15, 0.2) is 53.9 Å². The zero-order chi connectivity index (χ0) is 21.3. The van der Waals surface area contributed by atoms with Crippen molar-refractivity contribution in [1.29, 1.82) is 0 Å². The van der Waals surface area contributed by atoms with Crippen LogP contribution >= 0.6 is 11.8 Å². The third kappa shape index (κ3) is 6.57. The van der Waals surface area contributed by atoms with Crippen molar-refractivity contribution in [2.24, 2.45) is 5.92 Å². The zero-order valence-electron chi connectivity index (χ0n) is 19.0. The van der Waals surface area contributed by atoms with E-state index in [0.717, 1.165) is 36.1 Å². The Morgan fingerprint density at radius 1 is 1.07 bits per heavy atom. The Balaban J connectivity index is 2.04. The standard InChI is InChI=1S/C27H37NOS/c1-5-7-16-28(17-8-6-2)25-18-23(21(3)4)19-26(30-20-22-14-15-22)27(25)29-24-12-10-9-11-13-24/h9-13,18-19,22H,3,5-8,14-17,20H2,1-2,4H3. The van der Waals surface area contributed by atoms with Crippen LogP contribution in [0.3, 0.4) is 0 Å². The van der Waals surface area contributed by atoms with Crippen molar-refractivity contribution < 1.29 is 4.74 Å². The molecule has 2 aromatic rings. The molecule has 0 N–H and O–H groups in total. The van der Waals surface area contributed by atoms with Gasteiger partial charge in [-0.2, -0.15) is 0 Å². The first-order valence-corrected chi connectivity index (χ1v) is 12.6. The fraction of sp³-hybridized carbons (Fsp3) is 0.481. The fourth-order valence-corrected chi connectivity index (χ4v) is 4.66. The SMILES string of the molecule is C=C(C)c1cc(SCC2CC2)c(Oc2ccccc2)c(N(CCCC)CCCC)c1. The van der Waals surface area contributed by atoms with Crippen molar-refractivity contribution in [2.75, 3.05) is 23.7 Å². The second-order valence-electron chi connectivity index (χ2n) is 8.47. The minimum atomic E-state index is 0.868. The maximum absolute atomic E-state index is 6.58. The van der Waals surface area contributed by atoms with Gasteiger partial charge in [-0.3, -0.25) is 0 Å². The topological polar surface area (TPSA) is 12.5 Å². The maximum Gasteiger partial charge on any atom is 0.164 e. The number of thioether (sulfide) groups is 1. The zero-order valence-corrected chi connectivity index (χ0v) is 19.8. The molecule has 2 nitrogen and oxygen atoms in total. The normalized spacial score (nSPS) is 13.3. The molecule has 0 saturated heterocycles. The Kier molecular flexibility index (Phi) is 8.74. The summed E-state index contributed by atoms with van der Waals surface area (Å²) < 4.78 is 6.58. The molecule has 0 heterocycles. The molecule has 0 bridgehead atoms. The van der Waals surface area contributed by atoms with E-state index in [0.29, 0.717) is 0 Å². The third-order valence-corrected chi connectivity index (χ3v) is 6.82. The van der Waals surface area contributed by atoms with Crippen molar-refractivity contribution in [2.45, 2.75) is 64.2 Å². The summed E-state index contributed by atoms with van der Waals surface area (Å²) in [7, 11) is 0. The van der Waals surface area contributed by atoms with Gasteiger partial charge in [0.2, 0.25) is 0 Å². The molecule has 162 valence electrons. The van der Waals surface area contributed by atoms with Gasteiger partial charge in [0.25, 0.3) is 0 Å². The van der Waals surface area contributed by atoms with Crippen LogP contribution in [0.5, 0.6) is 11.5 Å². The molecular formula is C27H37NOS. The molecule has 0 spiro atoms. The lowest BCUT2D eigenvalue weighted by molar-refractivity contribution is 0.468. The smallest absolute Gasteiger partial charge is 0.164 e. The molecule has 1 aliphatic rings. The molecule has 1 saturated carbocycles. The lowest BCUT2D eigenvalue weighted by Gasteiger charge is -2.29. The van der Waals surface area contributed by atoms with Crippen LogP contribution < -0.4 is 9.64 Å². The summed E-state index contributed by atoms with van der Waals surface area (Å²) in [4.78, 5) is 3.79. The van der Waals surface area contributed by atoms with Gasteiger partial charge in [-0.05, 0) is 68.4 Å². The number of hydrogen-bond donors (Lipinski definition) is 0. The first-order valence-electron chi connectivity index (χ1n) is 11.6. The molecule has 3 heteroatoms. The van der Waals surface area contributed by atoms with Crippen LogP contribution in [0.25, 0.3) is 5.57 Å². The molecule has 0 radical (unpaired) electrons. The number of benzene rings is 2. The molecule has 30 heavy (non-hydrogen) atoms. The lowest BCUT2D eigenvalue weighted by Crippen LogP contribution is -2.26. The lowest BCUT2D eigenvalue weighted by atomic mass is 10.1. The summed E-state index contributed by atoms with van der Waals surface area (Å²) in [6, 6.07) is 14.8. The second kappa shape index (κ2) is 11.5. The van der Waals surface area contributed by atoms with Crippen molar-refractivity contribution in [3.63, 3.8) is 0 Å². The summed E-state index contributed by atoms with van der Waals surface area (Å²) >= 11 is 1.95. The first kappa shape index (κ1) is 22.8. The predicted molar refractivity (Wildman–Crippen MR) is 133 cm³/mol. The molecule has 0 amide bonds. The van der Waals surface area contributed by atoms with E-state index in [2.05, 4.69) is 44.4 Å².